The largest absolute Gasteiger partial charge is 0.445 e. The van der Waals surface area contributed by atoms with Crippen LogP contribution in [0.1, 0.15) is 168 Å². The third kappa shape index (κ3) is 29.2. The number of hydrogen-bond donors (Lipinski definition) is 11. The summed E-state index contributed by atoms with van der Waals surface area (Å²) in [5, 5.41) is 30.7. The van der Waals surface area contributed by atoms with Crippen molar-refractivity contribution >= 4 is 88.1 Å². The number of carbonyl (C=O) groups excluding carboxylic acids is 12. The molecule has 0 spiro atoms. The first-order valence-electron chi connectivity index (χ1n) is 37.8. The molecular weight excluding hydrogens is 1420 g/mol. The number of thiazole rings is 1. The van der Waals surface area contributed by atoms with E-state index in [0.29, 0.717) is 68.3 Å². The zero-order valence-corrected chi connectivity index (χ0v) is 66.6. The Morgan fingerprint density at radius 1 is 0.688 bits per heavy atom. The molecule has 0 unspecified atom stereocenters. The predicted octanol–water partition coefficient (Wildman–Crippen LogP) is 6.29. The number of hydrogen-bond acceptors (Lipinski definition) is 18. The molecule has 0 bridgehead atoms. The Hall–Kier alpha value is -9.39. The summed E-state index contributed by atoms with van der Waals surface area (Å²) in [5.41, 5.74) is 6.23. The molecule has 4 aromatic rings. The number of benzene rings is 3. The van der Waals surface area contributed by atoms with Crippen LogP contribution in [0.2, 0.25) is 0 Å². The summed E-state index contributed by atoms with van der Waals surface area (Å²) < 4.78 is 17.7. The standard InChI is InChI=1S/C79H118N14O15S/c1-15-50(6)68(62(106-13)46-65(97)93-42-25-32-61(93)69(107-14)51(7)70(98)88-60(74-83-41-43-109-74)44-53-26-18-16-19-27-53)92(12)75(102)67(49(4)5)90-76(103)79(9,10)91-78(105)108-47-55-33-35-56(36-34-55)85-71(99)59(31-24-40-84-77(80)104)87-73(101)66(48(2)3)89-72(100)58(86-64(96)45-54-28-20-17-21-29-54)30-22-23-39-82-63(95)38-37-57(81-11)52(8)94/h16-21,26-29,33-36,41,43,48-51,57-62,66-69,81H,15,22-25,30-32,37-40,42,44-47H2,1-14H3,(H,82,95)(H,85,99)(H,86,96)(H,87,101)(H,88,98)(H,89,100)(H,90,103)(H,91,105)(H3,80,84,104)/t50-,51+,57+,58-,59-,60-,61-,62+,66-,67-,68-,69+/m0/s1. The number of nitrogens with zero attached hydrogens (tertiary/aromatic N) is 3. The van der Waals surface area contributed by atoms with Crippen molar-refractivity contribution in [3.8, 4) is 0 Å². The van der Waals surface area contributed by atoms with Gasteiger partial charge in [0.1, 0.15) is 47.1 Å². The van der Waals surface area contributed by atoms with E-state index in [1.807, 2.05) is 62.5 Å². The van der Waals surface area contributed by atoms with Gasteiger partial charge in [-0.3, -0.25) is 47.9 Å². The molecule has 30 heteroatoms. The van der Waals surface area contributed by atoms with Gasteiger partial charge in [-0.2, -0.15) is 0 Å². The quantitative estimate of drug-likeness (QED) is 0.0216. The maximum atomic E-state index is 14.8. The van der Waals surface area contributed by atoms with Crippen molar-refractivity contribution in [1.82, 2.24) is 62.6 Å². The number of ketones is 1. The lowest BCUT2D eigenvalue weighted by molar-refractivity contribution is -0.148. The number of carbonyl (C=O) groups is 12. The first-order valence-corrected chi connectivity index (χ1v) is 38.6. The number of alkyl carbamates (subject to hydrolysis) is 1. The van der Waals surface area contributed by atoms with Crippen molar-refractivity contribution in [3.05, 3.63) is 118 Å². The summed E-state index contributed by atoms with van der Waals surface area (Å²) in [5.74, 6) is -6.10. The molecule has 5 rings (SSSR count). The van der Waals surface area contributed by atoms with Crippen LogP contribution < -0.4 is 58.9 Å². The number of rotatable bonds is 46. The van der Waals surface area contributed by atoms with Crippen LogP contribution in [0, 0.1) is 23.7 Å². The average Bonchev–Trinajstić information content (AvgIpc) is 1.80. The minimum absolute atomic E-state index is 0.0190. The maximum absolute atomic E-state index is 14.8. The molecule has 0 saturated carbocycles. The van der Waals surface area contributed by atoms with Crippen molar-refractivity contribution in [2.45, 2.75) is 225 Å². The van der Waals surface area contributed by atoms with Crippen LogP contribution >= 0.6 is 11.3 Å². The van der Waals surface area contributed by atoms with E-state index in [0.717, 1.165) is 10.6 Å². The Labute approximate surface area is 645 Å². The van der Waals surface area contributed by atoms with Gasteiger partial charge in [0.25, 0.3) is 0 Å². The number of anilines is 1. The number of methoxy groups -OCH3 is 2. The van der Waals surface area contributed by atoms with Crippen LogP contribution in [-0.4, -0.2) is 194 Å². The fourth-order valence-corrected chi connectivity index (χ4v) is 14.0. The zero-order valence-electron chi connectivity index (χ0n) is 65.8. The SMILES string of the molecule is CC[C@H](C)[C@@H]([C@@H](CC(=O)N1CCC[C@H]1[C@H](OC)[C@@H](C)C(=O)N[C@@H](Cc1ccccc1)c1nccs1)OC)N(C)C(=O)[C@@H](NC(=O)C(C)(C)NC(=O)OCc1ccc(NC(=O)[C@H](CCCNC(N)=O)NC(=O)[C@@H](NC(=O)[C@H](CCCCNC(=O)CC[C@@H](NC)C(C)=O)NC(=O)Cc2ccccc2)C(C)C)cc1)C(C)C. The zero-order chi connectivity index (χ0) is 80.5. The molecule has 1 aliphatic rings. The van der Waals surface area contributed by atoms with E-state index >= 15 is 0 Å². The number of amides is 12. The molecule has 0 aliphatic carbocycles. The van der Waals surface area contributed by atoms with E-state index in [4.69, 9.17) is 19.9 Å². The van der Waals surface area contributed by atoms with Gasteiger partial charge in [-0.15, -0.1) is 11.3 Å². The highest BCUT2D eigenvalue weighted by Gasteiger charge is 2.44. The molecule has 109 heavy (non-hydrogen) atoms. The van der Waals surface area contributed by atoms with E-state index in [2.05, 4.69) is 58.2 Å². The fourth-order valence-electron chi connectivity index (χ4n) is 13.3. The van der Waals surface area contributed by atoms with Crippen LogP contribution in [0.3, 0.4) is 0 Å². The lowest BCUT2D eigenvalue weighted by Gasteiger charge is -2.41. The number of likely N-dealkylation sites (tertiary alicyclic amines) is 1. The molecule has 0 radical (unpaired) electrons. The van der Waals surface area contributed by atoms with Crippen molar-refractivity contribution in [2.75, 3.05) is 53.3 Å². The van der Waals surface area contributed by atoms with Gasteiger partial charge in [0.05, 0.1) is 55.1 Å². The number of aromatic nitrogens is 1. The minimum Gasteiger partial charge on any atom is -0.445 e. The van der Waals surface area contributed by atoms with Crippen molar-refractivity contribution < 1.29 is 71.7 Å². The molecule has 600 valence electrons. The van der Waals surface area contributed by atoms with Crippen LogP contribution in [0.15, 0.2) is 96.5 Å². The average molecular weight is 1540 g/mol. The summed E-state index contributed by atoms with van der Waals surface area (Å²) in [6.07, 6.45) is 3.35. The lowest BCUT2D eigenvalue weighted by atomic mass is 9.89. The highest BCUT2D eigenvalue weighted by molar-refractivity contribution is 7.09. The van der Waals surface area contributed by atoms with Gasteiger partial charge in [-0.25, -0.2) is 14.6 Å². The van der Waals surface area contributed by atoms with E-state index in [9.17, 15) is 57.5 Å². The van der Waals surface area contributed by atoms with Gasteiger partial charge in [-0.1, -0.05) is 128 Å². The van der Waals surface area contributed by atoms with Gasteiger partial charge < -0.3 is 82.9 Å². The smallest absolute Gasteiger partial charge is 0.408 e. The third-order valence-corrected chi connectivity index (χ3v) is 20.7. The van der Waals surface area contributed by atoms with Crippen molar-refractivity contribution in [2.24, 2.45) is 29.4 Å². The van der Waals surface area contributed by atoms with Gasteiger partial charge >= 0.3 is 12.1 Å². The number of unbranched alkanes of at least 4 members (excludes halogenated alkanes) is 1. The van der Waals surface area contributed by atoms with E-state index in [1.165, 1.54) is 44.1 Å². The Bertz CT molecular complexity index is 3590. The number of urea groups is 1. The Kier molecular flexibility index (Phi) is 37.7. The summed E-state index contributed by atoms with van der Waals surface area (Å²) in [4.78, 5) is 171. The minimum atomic E-state index is -1.62. The molecule has 29 nitrogen and oxygen atoms in total. The number of nitrogens with two attached hydrogens (primary N) is 1. The second kappa shape index (κ2) is 45.6. The van der Waals surface area contributed by atoms with Crippen LogP contribution in [0.5, 0.6) is 0 Å². The van der Waals surface area contributed by atoms with Gasteiger partial charge in [0.15, 0.2) is 0 Å². The number of nitrogens with one attached hydrogen (secondary N) is 10. The van der Waals surface area contributed by atoms with Gasteiger partial charge in [0, 0.05) is 64.6 Å². The fraction of sp³-hybridized carbons (Fsp3) is 0.582. The van der Waals surface area contributed by atoms with Crippen LogP contribution in [0.25, 0.3) is 0 Å². The molecule has 2 heterocycles. The predicted molar refractivity (Wildman–Crippen MR) is 416 cm³/mol. The topological polar surface area (TPSA) is 398 Å². The number of likely N-dealkylation sites (N-methyl/N-ethyl adjacent to an activating group) is 2. The first kappa shape index (κ1) is 90.2. The summed E-state index contributed by atoms with van der Waals surface area (Å²) in [7, 11) is 6.33. The highest BCUT2D eigenvalue weighted by atomic mass is 32.1. The Balaban J connectivity index is 1.18. The third-order valence-electron chi connectivity index (χ3n) is 19.8. The summed E-state index contributed by atoms with van der Waals surface area (Å²) >= 11 is 1.46. The number of ether oxygens (including phenoxy) is 3. The summed E-state index contributed by atoms with van der Waals surface area (Å²) in [6.45, 7) is 17.6. The molecule has 1 aromatic heterocycles. The molecule has 1 fully saturated rings. The molecule has 12 N–H and O–H groups in total. The molecule has 12 atom stereocenters. The van der Waals surface area contributed by atoms with Crippen LogP contribution in [0.4, 0.5) is 15.3 Å². The normalized spacial score (nSPS) is 15.9. The van der Waals surface area contributed by atoms with Crippen LogP contribution in [-0.2, 0) is 81.6 Å². The molecule has 1 aliphatic heterocycles. The second-order valence-electron chi connectivity index (χ2n) is 29.3. The van der Waals surface area contributed by atoms with E-state index in [1.54, 1.807) is 109 Å². The highest BCUT2D eigenvalue weighted by Crippen LogP contribution is 2.31. The van der Waals surface area contributed by atoms with Crippen molar-refractivity contribution in [3.63, 3.8) is 0 Å². The van der Waals surface area contributed by atoms with Gasteiger partial charge in [0.2, 0.25) is 53.2 Å². The van der Waals surface area contributed by atoms with Gasteiger partial charge in [-0.05, 0) is 132 Å². The maximum Gasteiger partial charge on any atom is 0.408 e. The molecule has 1 saturated heterocycles. The van der Waals surface area contributed by atoms with Crippen molar-refractivity contribution in [1.29, 1.82) is 0 Å². The molecule has 12 amide bonds. The second-order valence-corrected chi connectivity index (χ2v) is 30.2. The number of primary amides is 1. The van der Waals surface area contributed by atoms with E-state index in [-0.39, 0.29) is 93.7 Å². The lowest BCUT2D eigenvalue weighted by Crippen LogP contribution is -2.62. The first-order chi connectivity index (χ1) is 51.8. The Morgan fingerprint density at radius 2 is 1.32 bits per heavy atom. The summed E-state index contributed by atoms with van der Waals surface area (Å²) in [6, 6.07) is 17.8. The molecular formula is C79H118N14O15S. The monoisotopic (exact) mass is 1530 g/mol. The Morgan fingerprint density at radius 3 is 1.91 bits per heavy atom. The molecule has 3 aromatic carbocycles. The number of Topliss-reactive ketones (excluding diaryl/α,β-unsaturated/α-hetero) is 1. The van der Waals surface area contributed by atoms with E-state index < -0.39 is 125 Å².